The van der Waals surface area contributed by atoms with Crippen LogP contribution in [-0.4, -0.2) is 17.6 Å². The van der Waals surface area contributed by atoms with Gasteiger partial charge < -0.3 is 9.72 Å². The average molecular weight is 273 g/mol. The van der Waals surface area contributed by atoms with Crippen LogP contribution in [0, 0.1) is 5.92 Å². The molecule has 20 heavy (non-hydrogen) atoms. The first kappa shape index (κ1) is 13.2. The normalized spacial score (nSPS) is 23.8. The fourth-order valence-electron chi connectivity index (χ4n) is 3.63. The van der Waals surface area contributed by atoms with Crippen molar-refractivity contribution in [1.82, 2.24) is 4.98 Å². The van der Waals surface area contributed by atoms with Gasteiger partial charge in [0.2, 0.25) is 5.56 Å². The smallest absolute Gasteiger partial charge is 0.338 e. The van der Waals surface area contributed by atoms with Gasteiger partial charge >= 0.3 is 5.97 Å². The minimum atomic E-state index is -0.375. The van der Waals surface area contributed by atoms with Gasteiger partial charge in [0.1, 0.15) is 0 Å². The summed E-state index contributed by atoms with van der Waals surface area (Å²) in [6, 6.07) is 1.39. The minimum Gasteiger partial charge on any atom is -0.462 e. The van der Waals surface area contributed by atoms with E-state index in [1.165, 1.54) is 11.6 Å². The first-order chi connectivity index (χ1) is 9.58. The topological polar surface area (TPSA) is 59.2 Å². The highest BCUT2D eigenvalue weighted by Gasteiger charge is 2.33. The van der Waals surface area contributed by atoms with Crippen molar-refractivity contribution in [2.24, 2.45) is 5.92 Å². The number of H-pyrrole nitrogens is 1. The Hall–Kier alpha value is -1.84. The molecule has 2 atom stereocenters. The molecule has 0 aliphatic heterocycles. The molecule has 0 aromatic carbocycles. The number of rotatable bonds is 2. The summed E-state index contributed by atoms with van der Waals surface area (Å²) in [6.45, 7) is 4.24. The minimum absolute atomic E-state index is 0.215. The van der Waals surface area contributed by atoms with Gasteiger partial charge in [-0.25, -0.2) is 4.79 Å². The summed E-state index contributed by atoms with van der Waals surface area (Å²) in [6.07, 6.45) is 5.13. The van der Waals surface area contributed by atoms with Gasteiger partial charge in [-0.05, 0) is 50.5 Å². The standard InChI is InChI=1S/C16H19NO3/c1-3-20-16(19)12-8-14(18)17-13-7-10-4-9(2)5-11(6-10)15(12)13/h4,8,10-11H,3,5-7H2,1-2H3,(H,17,18)/t10-,11+/m0/s1. The molecule has 0 radical (unpaired) electrons. The third-order valence-electron chi connectivity index (χ3n) is 4.21. The van der Waals surface area contributed by atoms with Crippen molar-refractivity contribution >= 4 is 5.97 Å². The largest absolute Gasteiger partial charge is 0.462 e. The van der Waals surface area contributed by atoms with Crippen LogP contribution in [0.4, 0.5) is 0 Å². The van der Waals surface area contributed by atoms with Crippen LogP contribution in [0.1, 0.15) is 54.2 Å². The molecule has 4 heteroatoms. The first-order valence-electron chi connectivity index (χ1n) is 7.19. The third kappa shape index (κ3) is 2.19. The third-order valence-corrected chi connectivity index (χ3v) is 4.21. The van der Waals surface area contributed by atoms with Crippen molar-refractivity contribution in [3.05, 3.63) is 44.9 Å². The van der Waals surface area contributed by atoms with E-state index >= 15 is 0 Å². The summed E-state index contributed by atoms with van der Waals surface area (Å²) in [7, 11) is 0. The molecule has 0 saturated heterocycles. The number of hydrogen-bond donors (Lipinski definition) is 1. The van der Waals surface area contributed by atoms with E-state index in [4.69, 9.17) is 4.74 Å². The van der Waals surface area contributed by atoms with Crippen LogP contribution in [0.15, 0.2) is 22.5 Å². The molecule has 4 nitrogen and oxygen atoms in total. The van der Waals surface area contributed by atoms with E-state index in [1.807, 2.05) is 0 Å². The number of fused-ring (bicyclic) bond motifs is 4. The second-order valence-electron chi connectivity index (χ2n) is 5.77. The molecule has 1 N–H and O–H groups in total. The first-order valence-corrected chi connectivity index (χ1v) is 7.19. The zero-order chi connectivity index (χ0) is 14.3. The van der Waals surface area contributed by atoms with E-state index in [0.29, 0.717) is 24.0 Å². The van der Waals surface area contributed by atoms with E-state index in [-0.39, 0.29) is 11.5 Å². The van der Waals surface area contributed by atoms with Gasteiger partial charge in [0.05, 0.1) is 12.2 Å². The number of esters is 1. The van der Waals surface area contributed by atoms with Crippen LogP contribution in [0.5, 0.6) is 0 Å². The lowest BCUT2D eigenvalue weighted by Crippen LogP contribution is -2.28. The van der Waals surface area contributed by atoms with Gasteiger partial charge in [0, 0.05) is 11.8 Å². The highest BCUT2D eigenvalue weighted by atomic mass is 16.5. The van der Waals surface area contributed by atoms with Crippen LogP contribution < -0.4 is 5.56 Å². The molecular formula is C16H19NO3. The molecule has 0 unspecified atom stereocenters. The fourth-order valence-corrected chi connectivity index (χ4v) is 3.63. The SMILES string of the molecule is CCOC(=O)c1cc(=O)[nH]c2c1[C@@H]1CC(C)=C[C@H](C2)C1. The molecular weight excluding hydrogens is 254 g/mol. The summed E-state index contributed by atoms with van der Waals surface area (Å²) < 4.78 is 5.11. The number of carbonyl (C=O) groups excluding carboxylic acids is 1. The Morgan fingerprint density at radius 2 is 2.25 bits per heavy atom. The summed E-state index contributed by atoms with van der Waals surface area (Å²) in [5, 5.41) is 0. The summed E-state index contributed by atoms with van der Waals surface area (Å²) in [4.78, 5) is 26.8. The Balaban J connectivity index is 2.11. The van der Waals surface area contributed by atoms with Gasteiger partial charge in [-0.15, -0.1) is 0 Å². The van der Waals surface area contributed by atoms with Crippen molar-refractivity contribution in [3.63, 3.8) is 0 Å². The quantitative estimate of drug-likeness (QED) is 0.665. The molecule has 1 heterocycles. The predicted molar refractivity (Wildman–Crippen MR) is 75.9 cm³/mol. The molecule has 0 amide bonds. The van der Waals surface area contributed by atoms with E-state index in [0.717, 1.165) is 30.5 Å². The lowest BCUT2D eigenvalue weighted by atomic mass is 9.71. The molecule has 0 spiro atoms. The van der Waals surface area contributed by atoms with Crippen LogP contribution in [-0.2, 0) is 11.2 Å². The number of nitrogens with one attached hydrogen (secondary N) is 1. The average Bonchev–Trinajstić information content (AvgIpc) is 2.36. The lowest BCUT2D eigenvalue weighted by Gasteiger charge is -2.35. The Labute approximate surface area is 117 Å². The number of aromatic amines is 1. The van der Waals surface area contributed by atoms with E-state index in [9.17, 15) is 9.59 Å². The monoisotopic (exact) mass is 273 g/mol. The van der Waals surface area contributed by atoms with E-state index in [1.54, 1.807) is 6.92 Å². The van der Waals surface area contributed by atoms with Crippen LogP contribution in [0.2, 0.25) is 0 Å². The Morgan fingerprint density at radius 1 is 1.45 bits per heavy atom. The summed E-state index contributed by atoms with van der Waals surface area (Å²) >= 11 is 0. The van der Waals surface area contributed by atoms with Gasteiger partial charge in [0.25, 0.3) is 0 Å². The Kier molecular flexibility index (Phi) is 3.24. The van der Waals surface area contributed by atoms with Gasteiger partial charge in [-0.3, -0.25) is 4.79 Å². The predicted octanol–water partition coefficient (Wildman–Crippen LogP) is 2.55. The number of aromatic nitrogens is 1. The maximum atomic E-state index is 12.1. The zero-order valence-corrected chi connectivity index (χ0v) is 11.9. The van der Waals surface area contributed by atoms with Crippen molar-refractivity contribution in [2.45, 2.75) is 39.0 Å². The molecule has 1 aromatic heterocycles. The lowest BCUT2D eigenvalue weighted by molar-refractivity contribution is 0.0523. The molecule has 2 aliphatic rings. The number of carbonyl (C=O) groups is 1. The van der Waals surface area contributed by atoms with E-state index < -0.39 is 0 Å². The molecule has 0 fully saturated rings. The maximum absolute atomic E-state index is 12.1. The number of allylic oxidation sites excluding steroid dienone is 2. The van der Waals surface area contributed by atoms with Crippen molar-refractivity contribution in [1.29, 1.82) is 0 Å². The molecule has 3 rings (SSSR count). The van der Waals surface area contributed by atoms with Crippen molar-refractivity contribution < 1.29 is 9.53 Å². The van der Waals surface area contributed by atoms with Gasteiger partial charge in [0.15, 0.2) is 0 Å². The van der Waals surface area contributed by atoms with Crippen molar-refractivity contribution in [2.75, 3.05) is 6.61 Å². The molecule has 2 aliphatic carbocycles. The van der Waals surface area contributed by atoms with Crippen LogP contribution in [0.25, 0.3) is 0 Å². The number of hydrogen-bond acceptors (Lipinski definition) is 3. The zero-order valence-electron chi connectivity index (χ0n) is 11.9. The summed E-state index contributed by atoms with van der Waals surface area (Å²) in [5.41, 5.74) is 3.55. The number of ether oxygens (including phenoxy) is 1. The second-order valence-corrected chi connectivity index (χ2v) is 5.77. The number of pyridine rings is 1. The van der Waals surface area contributed by atoms with E-state index in [2.05, 4.69) is 18.0 Å². The van der Waals surface area contributed by atoms with Crippen LogP contribution >= 0.6 is 0 Å². The Bertz CT molecular complexity index is 642. The Morgan fingerprint density at radius 3 is 3.00 bits per heavy atom. The van der Waals surface area contributed by atoms with Crippen molar-refractivity contribution in [3.8, 4) is 0 Å². The molecule has 1 aromatic rings. The van der Waals surface area contributed by atoms with Gasteiger partial charge in [-0.2, -0.15) is 0 Å². The maximum Gasteiger partial charge on any atom is 0.338 e. The van der Waals surface area contributed by atoms with Gasteiger partial charge in [-0.1, -0.05) is 11.6 Å². The highest BCUT2D eigenvalue weighted by molar-refractivity contribution is 5.91. The highest BCUT2D eigenvalue weighted by Crippen LogP contribution is 2.43. The molecule has 106 valence electrons. The molecule has 2 bridgehead atoms. The summed E-state index contributed by atoms with van der Waals surface area (Å²) in [5.74, 6) is 0.430. The fraction of sp³-hybridized carbons (Fsp3) is 0.500. The molecule has 0 saturated carbocycles. The second kappa shape index (κ2) is 4.93. The van der Waals surface area contributed by atoms with Crippen LogP contribution in [0.3, 0.4) is 0 Å².